The molecule has 0 spiro atoms. The summed E-state index contributed by atoms with van der Waals surface area (Å²) in [6, 6.07) is 0. The maximum absolute atomic E-state index is 12.9. The first-order valence-corrected chi connectivity index (χ1v) is 38.2. The molecule has 0 rings (SSSR count). The molecule has 0 aliphatic carbocycles. The summed E-state index contributed by atoms with van der Waals surface area (Å²) < 4.78 is 34.7. The van der Waals surface area contributed by atoms with Gasteiger partial charge in [0.2, 0.25) is 0 Å². The molecule has 2 atom stereocenters. The summed E-state index contributed by atoms with van der Waals surface area (Å²) in [7, 11) is 1.47. The van der Waals surface area contributed by atoms with Crippen molar-refractivity contribution in [2.45, 2.75) is 354 Å². The molecular formula is C76H141NO8P+. The molecule has 0 bridgehead atoms. The van der Waals surface area contributed by atoms with Crippen molar-refractivity contribution in [3.63, 3.8) is 0 Å². The topological polar surface area (TPSA) is 108 Å². The summed E-state index contributed by atoms with van der Waals surface area (Å²) in [5.41, 5.74) is 0. The highest BCUT2D eigenvalue weighted by molar-refractivity contribution is 7.47. The average molecular weight is 1230 g/mol. The molecule has 9 nitrogen and oxygen atoms in total. The van der Waals surface area contributed by atoms with E-state index in [1.165, 1.54) is 218 Å². The van der Waals surface area contributed by atoms with Crippen molar-refractivity contribution in [2.24, 2.45) is 0 Å². The van der Waals surface area contributed by atoms with E-state index < -0.39 is 26.5 Å². The Kier molecular flexibility index (Phi) is 64.9. The number of allylic oxidation sites excluding steroid dienone is 12. The van der Waals surface area contributed by atoms with Crippen LogP contribution in [0.2, 0.25) is 0 Å². The summed E-state index contributed by atoms with van der Waals surface area (Å²) in [5, 5.41) is 0. The standard InChI is InChI=1S/C76H140NO8P/c1-6-8-10-12-14-16-18-20-22-24-26-28-30-32-33-34-35-36-37-38-39-40-41-42-43-45-46-48-50-52-54-56-58-60-62-64-66-68-75(78)82-72-74(73-84-86(80,81)83-71-70-77(3,4)5)85-76(79)69-67-65-63-61-59-57-55-53-51-49-47-44-31-29-27-25-23-21-19-17-15-13-11-9-7-2/h9,11,15,17,21,23,27,29,44,47,51,53,74H,6-8,10,12-14,16,18-20,22,24-26,28,30-43,45-46,48-50,52,54-73H2,1-5H3/p+1/b11-9-,17-15-,23-21-,29-27-,47-44-,53-51-. The molecule has 2 unspecified atom stereocenters. The van der Waals surface area contributed by atoms with Crippen LogP contribution >= 0.6 is 7.82 Å². The minimum atomic E-state index is -4.40. The Morgan fingerprint density at radius 1 is 0.372 bits per heavy atom. The fraction of sp³-hybridized carbons (Fsp3) is 0.816. The van der Waals surface area contributed by atoms with Gasteiger partial charge in [-0.3, -0.25) is 18.6 Å². The molecule has 10 heteroatoms. The Bertz CT molecular complexity index is 1680. The molecular weight excluding hydrogens is 1090 g/mol. The Hall–Kier alpha value is -2.55. The molecule has 0 amide bonds. The van der Waals surface area contributed by atoms with Gasteiger partial charge in [0.05, 0.1) is 27.7 Å². The molecule has 86 heavy (non-hydrogen) atoms. The van der Waals surface area contributed by atoms with Crippen molar-refractivity contribution < 1.29 is 42.1 Å². The van der Waals surface area contributed by atoms with Crippen molar-refractivity contribution in [3.05, 3.63) is 72.9 Å². The number of phosphoric ester groups is 1. The third-order valence-electron chi connectivity index (χ3n) is 16.3. The van der Waals surface area contributed by atoms with E-state index in [9.17, 15) is 19.0 Å². The lowest BCUT2D eigenvalue weighted by Gasteiger charge is -2.24. The third kappa shape index (κ3) is 70.5. The van der Waals surface area contributed by atoms with Crippen LogP contribution in [-0.4, -0.2) is 74.9 Å². The molecule has 0 saturated carbocycles. The number of carbonyl (C=O) groups excluding carboxylic acids is 2. The second kappa shape index (κ2) is 66.9. The first-order chi connectivity index (χ1) is 42.0. The van der Waals surface area contributed by atoms with Crippen molar-refractivity contribution >= 4 is 19.8 Å². The Morgan fingerprint density at radius 2 is 0.663 bits per heavy atom. The van der Waals surface area contributed by atoms with Gasteiger partial charge >= 0.3 is 19.8 Å². The van der Waals surface area contributed by atoms with Crippen LogP contribution in [0.15, 0.2) is 72.9 Å². The van der Waals surface area contributed by atoms with E-state index in [2.05, 4.69) is 86.8 Å². The molecule has 0 aliphatic heterocycles. The first kappa shape index (κ1) is 83.5. The maximum atomic E-state index is 12.9. The minimum absolute atomic E-state index is 0.0268. The summed E-state index contributed by atoms with van der Waals surface area (Å²) in [6.45, 7) is 4.35. The van der Waals surface area contributed by atoms with Crippen molar-refractivity contribution in [1.29, 1.82) is 0 Å². The zero-order valence-corrected chi connectivity index (χ0v) is 58.2. The van der Waals surface area contributed by atoms with E-state index in [4.69, 9.17) is 18.5 Å². The van der Waals surface area contributed by atoms with Gasteiger partial charge in [-0.25, -0.2) is 4.57 Å². The number of carbonyl (C=O) groups is 2. The number of hydrogen-bond donors (Lipinski definition) is 1. The van der Waals surface area contributed by atoms with Crippen LogP contribution in [0.4, 0.5) is 0 Å². The molecule has 0 aromatic rings. The highest BCUT2D eigenvalue weighted by atomic mass is 31.2. The summed E-state index contributed by atoms with van der Waals surface area (Å²) >= 11 is 0. The minimum Gasteiger partial charge on any atom is -0.462 e. The summed E-state index contributed by atoms with van der Waals surface area (Å²) in [5.74, 6) is -0.803. The van der Waals surface area contributed by atoms with Gasteiger partial charge in [-0.2, -0.15) is 0 Å². The van der Waals surface area contributed by atoms with E-state index in [0.717, 1.165) is 96.3 Å². The highest BCUT2D eigenvalue weighted by Gasteiger charge is 2.27. The van der Waals surface area contributed by atoms with Crippen LogP contribution in [0.3, 0.4) is 0 Å². The number of unbranched alkanes of at least 4 members (excludes halogenated alkanes) is 42. The van der Waals surface area contributed by atoms with Crippen LogP contribution in [0.5, 0.6) is 0 Å². The molecule has 0 saturated heterocycles. The van der Waals surface area contributed by atoms with Crippen LogP contribution in [0, 0.1) is 0 Å². The summed E-state index contributed by atoms with van der Waals surface area (Å²) in [4.78, 5) is 35.9. The smallest absolute Gasteiger partial charge is 0.462 e. The van der Waals surface area contributed by atoms with Crippen molar-refractivity contribution in [2.75, 3.05) is 47.5 Å². The number of nitrogens with zero attached hydrogens (tertiary/aromatic N) is 1. The van der Waals surface area contributed by atoms with Gasteiger partial charge in [0.1, 0.15) is 19.8 Å². The molecule has 0 fully saturated rings. The Balaban J connectivity index is 3.97. The monoisotopic (exact) mass is 1230 g/mol. The zero-order chi connectivity index (χ0) is 62.6. The van der Waals surface area contributed by atoms with Crippen molar-refractivity contribution in [3.8, 4) is 0 Å². The quantitative estimate of drug-likeness (QED) is 0.0211. The van der Waals surface area contributed by atoms with Gasteiger partial charge in [-0.05, 0) is 64.2 Å². The molecule has 0 aromatic carbocycles. The maximum Gasteiger partial charge on any atom is 0.472 e. The molecule has 0 aliphatic rings. The highest BCUT2D eigenvalue weighted by Crippen LogP contribution is 2.43. The number of quaternary nitrogens is 1. The van der Waals surface area contributed by atoms with E-state index in [-0.39, 0.29) is 32.0 Å². The number of esters is 2. The largest absolute Gasteiger partial charge is 0.472 e. The zero-order valence-electron chi connectivity index (χ0n) is 57.3. The first-order valence-electron chi connectivity index (χ1n) is 36.7. The van der Waals surface area contributed by atoms with Gasteiger partial charge in [-0.15, -0.1) is 0 Å². The molecule has 1 N–H and O–H groups in total. The normalized spacial score (nSPS) is 13.5. The van der Waals surface area contributed by atoms with E-state index >= 15 is 0 Å². The summed E-state index contributed by atoms with van der Waals surface area (Å²) in [6.07, 6.45) is 90.4. The lowest BCUT2D eigenvalue weighted by atomic mass is 10.0. The van der Waals surface area contributed by atoms with Gasteiger partial charge in [0.15, 0.2) is 6.10 Å². The van der Waals surface area contributed by atoms with Gasteiger partial charge in [-0.1, -0.05) is 344 Å². The van der Waals surface area contributed by atoms with Gasteiger partial charge < -0.3 is 18.9 Å². The van der Waals surface area contributed by atoms with Crippen LogP contribution in [0.25, 0.3) is 0 Å². The predicted molar refractivity (Wildman–Crippen MR) is 372 cm³/mol. The van der Waals surface area contributed by atoms with Crippen LogP contribution in [-0.2, 0) is 32.7 Å². The van der Waals surface area contributed by atoms with Crippen LogP contribution < -0.4 is 0 Å². The second-order valence-electron chi connectivity index (χ2n) is 26.0. The lowest BCUT2D eigenvalue weighted by molar-refractivity contribution is -0.870. The number of hydrogen-bond acceptors (Lipinski definition) is 7. The molecule has 0 heterocycles. The van der Waals surface area contributed by atoms with E-state index in [1.807, 2.05) is 21.1 Å². The number of ether oxygens (including phenoxy) is 2. The van der Waals surface area contributed by atoms with Gasteiger partial charge in [0.25, 0.3) is 0 Å². The fourth-order valence-electron chi connectivity index (χ4n) is 10.7. The lowest BCUT2D eigenvalue weighted by Crippen LogP contribution is -2.37. The predicted octanol–water partition coefficient (Wildman–Crippen LogP) is 23.9. The fourth-order valence-corrected chi connectivity index (χ4v) is 11.4. The van der Waals surface area contributed by atoms with E-state index in [0.29, 0.717) is 17.4 Å². The second-order valence-corrected chi connectivity index (χ2v) is 27.4. The van der Waals surface area contributed by atoms with Crippen LogP contribution in [0.1, 0.15) is 348 Å². The molecule has 0 aromatic heterocycles. The number of phosphoric acid groups is 1. The van der Waals surface area contributed by atoms with E-state index in [1.54, 1.807) is 0 Å². The number of likely N-dealkylation sites (N-methyl/N-ethyl adjacent to an activating group) is 1. The Morgan fingerprint density at radius 3 is 0.988 bits per heavy atom. The number of rotatable bonds is 68. The SMILES string of the molecule is CC/C=C\C/C=C\C/C=C\C/C=C\C/C=C\C/C=C\CCCCCCCCC(=O)OC(COC(=O)CCCCCCCCCCCCCCCCCCCCCCCCCCCCCCCCCCCCCCC)COP(=O)(O)OCC[N+](C)(C)C. The average Bonchev–Trinajstić information content (AvgIpc) is 3.70. The third-order valence-corrected chi connectivity index (χ3v) is 17.2. The molecule has 0 radical (unpaired) electrons. The Labute approximate surface area is 533 Å². The van der Waals surface area contributed by atoms with Gasteiger partial charge in [0, 0.05) is 12.8 Å². The van der Waals surface area contributed by atoms with Crippen molar-refractivity contribution in [1.82, 2.24) is 0 Å². The molecule has 502 valence electrons.